The summed E-state index contributed by atoms with van der Waals surface area (Å²) < 4.78 is 0. The van der Waals surface area contributed by atoms with E-state index in [1.807, 2.05) is 75.9 Å². The number of urea groups is 4. The van der Waals surface area contributed by atoms with Gasteiger partial charge in [-0.3, -0.25) is 58.2 Å². The monoisotopic (exact) mass is 1800 g/mol. The van der Waals surface area contributed by atoms with Gasteiger partial charge in [0.05, 0.1) is 60.0 Å². The number of nitrogens with one attached hydrogen (secondary N) is 8. The summed E-state index contributed by atoms with van der Waals surface area (Å²) in [5.41, 5.74) is 4.43. The van der Waals surface area contributed by atoms with Crippen LogP contribution >= 0.6 is 45.3 Å². The Hall–Kier alpha value is -11.0. The molecule has 8 aliphatic heterocycles. The minimum Gasteiger partial charge on any atom is -0.331 e. The fraction of sp³-hybridized carbons (Fsp3) is 0.548. The van der Waals surface area contributed by atoms with Gasteiger partial charge in [-0.25, -0.2) is 79.0 Å². The molecule has 42 heteroatoms. The highest BCUT2D eigenvalue weighted by molar-refractivity contribution is 7.16. The maximum atomic E-state index is 13.3. The third kappa shape index (κ3) is 22.5. The second-order valence-corrected chi connectivity index (χ2v) is 38.2. The molecule has 8 saturated heterocycles. The lowest BCUT2D eigenvalue weighted by atomic mass is 9.87. The van der Waals surface area contributed by atoms with Gasteiger partial charge >= 0.3 is 24.1 Å². The van der Waals surface area contributed by atoms with Crippen LogP contribution in [0, 0.1) is 55.4 Å². The van der Waals surface area contributed by atoms with E-state index in [-0.39, 0.29) is 108 Å². The van der Waals surface area contributed by atoms with E-state index in [0.29, 0.717) is 122 Å². The number of piperidine rings is 4. The van der Waals surface area contributed by atoms with E-state index in [2.05, 4.69) is 150 Å². The van der Waals surface area contributed by atoms with E-state index >= 15 is 0 Å². The van der Waals surface area contributed by atoms with Crippen molar-refractivity contribution in [1.29, 1.82) is 0 Å². The van der Waals surface area contributed by atoms with Crippen molar-refractivity contribution in [2.24, 2.45) is 0 Å². The van der Waals surface area contributed by atoms with Gasteiger partial charge in [-0.15, -0.1) is 45.3 Å². The number of imide groups is 2. The Labute approximate surface area is 748 Å². The Morgan fingerprint density at radius 2 is 0.587 bits per heavy atom. The van der Waals surface area contributed by atoms with Gasteiger partial charge < -0.3 is 52.3 Å². The largest absolute Gasteiger partial charge is 0.331 e. The molecule has 8 fully saturated rings. The van der Waals surface area contributed by atoms with Crippen molar-refractivity contribution in [3.8, 4) is 0 Å². The number of hydrogen-bond acceptors (Lipinski definition) is 30. The molecule has 0 radical (unpaired) electrons. The molecule has 4 spiro atoms. The van der Waals surface area contributed by atoms with Crippen LogP contribution in [0.3, 0.4) is 0 Å². The summed E-state index contributed by atoms with van der Waals surface area (Å²) in [7, 11) is 0. The third-order valence-corrected chi connectivity index (χ3v) is 28.4. The van der Waals surface area contributed by atoms with E-state index < -0.39 is 11.1 Å². The molecule has 0 aromatic carbocycles. The SMILES string of the molecule is CC(=O)Nc1ncc([C@@H](C)N2CCC3(CC2)CN(Cc2cc(C)nc(C)n2)C(=O)N3)s1.CC(=O)Nc1ncc([C@@H](C)N2CCC3(CC2)NC(=O)N(Cc2cc(C)nc(C)n2)C3=O)s1.CC(=O)Nc1ncc([C@H](C)N2CCC3(CC2)CN(Cc2cc(C)nc(C)n2)C(=O)N3)s1.CC(=O)Nc1ncc([C@H](C)N2CCC3(CC2)NC(=O)N(Cc2cc(C)nc(C)n2)C3=O)s1. The first-order valence-corrected chi connectivity index (χ1v) is 45.6. The van der Waals surface area contributed by atoms with Crippen molar-refractivity contribution in [2.45, 2.75) is 235 Å². The van der Waals surface area contributed by atoms with Crippen LogP contribution in [0.2, 0.25) is 0 Å². The van der Waals surface area contributed by atoms with Gasteiger partial charge in [0.2, 0.25) is 23.6 Å². The van der Waals surface area contributed by atoms with E-state index in [1.165, 1.54) is 82.8 Å². The highest BCUT2D eigenvalue weighted by Crippen LogP contribution is 2.41. The van der Waals surface area contributed by atoms with E-state index in [1.54, 1.807) is 38.4 Å². The maximum absolute atomic E-state index is 13.3. The lowest BCUT2D eigenvalue weighted by Gasteiger charge is -2.41. The van der Waals surface area contributed by atoms with Crippen LogP contribution in [0.15, 0.2) is 49.1 Å². The number of aryl methyl sites for hydroxylation is 8. The molecule has 672 valence electrons. The summed E-state index contributed by atoms with van der Waals surface area (Å²) >= 11 is 5.93. The first-order valence-electron chi connectivity index (χ1n) is 42.4. The number of nitrogens with zero attached hydrogens (tertiary/aromatic N) is 20. The second kappa shape index (κ2) is 39.1. The first-order chi connectivity index (χ1) is 59.8. The Balaban J connectivity index is 0.000000144. The fourth-order valence-electron chi connectivity index (χ4n) is 17.7. The van der Waals surface area contributed by atoms with Crippen LogP contribution in [0.1, 0.15) is 219 Å². The predicted molar refractivity (Wildman–Crippen MR) is 476 cm³/mol. The van der Waals surface area contributed by atoms with Crippen molar-refractivity contribution in [2.75, 3.05) is 86.7 Å². The van der Waals surface area contributed by atoms with Crippen LogP contribution < -0.4 is 42.5 Å². The molecule has 126 heavy (non-hydrogen) atoms. The average Bonchev–Trinajstić information content (AvgIpc) is 1.47. The van der Waals surface area contributed by atoms with Gasteiger partial charge in [0.15, 0.2) is 20.5 Å². The number of thiazole rings is 4. The van der Waals surface area contributed by atoms with Crippen molar-refractivity contribution in [3.05, 3.63) is 137 Å². The lowest BCUT2D eigenvalue weighted by molar-refractivity contribution is -0.134. The summed E-state index contributed by atoms with van der Waals surface area (Å²) in [6.07, 6.45) is 13.0. The summed E-state index contributed by atoms with van der Waals surface area (Å²) in [5.74, 6) is 1.82. The number of carbonyl (C=O) groups is 10. The molecule has 0 aliphatic carbocycles. The smallest absolute Gasteiger partial charge is 0.325 e. The van der Waals surface area contributed by atoms with Gasteiger partial charge in [-0.1, -0.05) is 0 Å². The molecule has 0 saturated carbocycles. The van der Waals surface area contributed by atoms with Crippen LogP contribution in [0.25, 0.3) is 0 Å². The molecule has 4 atom stereocenters. The molecule has 16 heterocycles. The minimum atomic E-state index is -0.862. The van der Waals surface area contributed by atoms with E-state index in [0.717, 1.165) is 117 Å². The molecule has 8 N–H and O–H groups in total. The lowest BCUT2D eigenvalue weighted by Crippen LogP contribution is -2.55. The molecular weight excluding hydrogens is 1690 g/mol. The van der Waals surface area contributed by atoms with Crippen molar-refractivity contribution < 1.29 is 47.9 Å². The van der Waals surface area contributed by atoms with Gasteiger partial charge in [0.25, 0.3) is 11.8 Å². The number of hydrogen-bond donors (Lipinski definition) is 8. The molecule has 0 unspecified atom stereocenters. The van der Waals surface area contributed by atoms with Crippen molar-refractivity contribution in [3.63, 3.8) is 0 Å². The molecule has 8 aromatic heterocycles. The van der Waals surface area contributed by atoms with E-state index in [4.69, 9.17) is 0 Å². The molecule has 0 bridgehead atoms. The average molecular weight is 1800 g/mol. The Bertz CT molecular complexity index is 4990. The molecular formula is C84H112N28O10S4. The Morgan fingerprint density at radius 1 is 0.349 bits per heavy atom. The maximum Gasteiger partial charge on any atom is 0.325 e. The van der Waals surface area contributed by atoms with Crippen molar-refractivity contribution in [1.82, 2.24) is 120 Å². The molecule has 38 nitrogen and oxygen atoms in total. The molecule has 16 rings (SSSR count). The van der Waals surface area contributed by atoms with Crippen LogP contribution in [-0.2, 0) is 54.9 Å². The highest BCUT2D eigenvalue weighted by atomic mass is 32.1. The zero-order chi connectivity index (χ0) is 90.4. The zero-order valence-corrected chi connectivity index (χ0v) is 77.4. The Morgan fingerprint density at radius 3 is 0.825 bits per heavy atom. The zero-order valence-electron chi connectivity index (χ0n) is 74.1. The van der Waals surface area contributed by atoms with E-state index in [9.17, 15) is 47.9 Å². The molecule has 8 aliphatic rings. The first kappa shape index (κ1) is 92.6. The number of likely N-dealkylation sites (tertiary alicyclic amines) is 4. The quantitative estimate of drug-likeness (QED) is 0.0329. The summed E-state index contributed by atoms with van der Waals surface area (Å²) in [4.78, 5) is 194. The van der Waals surface area contributed by atoms with Crippen LogP contribution in [0.5, 0.6) is 0 Å². The van der Waals surface area contributed by atoms with Crippen LogP contribution in [-0.4, -0.2) is 246 Å². The number of aromatic nitrogens is 12. The number of carbonyl (C=O) groups excluding carboxylic acids is 10. The normalized spacial score (nSPS) is 19.4. The van der Waals surface area contributed by atoms with Gasteiger partial charge in [0, 0.05) is 184 Å². The minimum absolute atomic E-state index is 0.0159. The highest BCUT2D eigenvalue weighted by Gasteiger charge is 2.55. The van der Waals surface area contributed by atoms with Crippen molar-refractivity contribution >= 4 is 125 Å². The third-order valence-electron chi connectivity index (χ3n) is 24.1. The second-order valence-electron chi connectivity index (χ2n) is 34.0. The van der Waals surface area contributed by atoms with Gasteiger partial charge in [-0.2, -0.15) is 0 Å². The number of anilines is 4. The topological polar surface area (TPSA) is 448 Å². The summed E-state index contributed by atoms with van der Waals surface area (Å²) in [6, 6.07) is 7.36. The predicted octanol–water partition coefficient (Wildman–Crippen LogP) is 9.57. The molecule has 8 aromatic rings. The van der Waals surface area contributed by atoms with Gasteiger partial charge in [-0.05, 0) is 159 Å². The van der Waals surface area contributed by atoms with Crippen LogP contribution in [0.4, 0.5) is 39.7 Å². The fourth-order valence-corrected chi connectivity index (χ4v) is 21.4. The molecule has 14 amide bonds. The number of rotatable bonds is 20. The summed E-state index contributed by atoms with van der Waals surface area (Å²) in [5, 5.41) is 25.8. The number of amides is 14. The summed E-state index contributed by atoms with van der Waals surface area (Å²) in [6.45, 7) is 38.3. The van der Waals surface area contributed by atoms with Gasteiger partial charge in [0.1, 0.15) is 34.4 Å². The standard InChI is InChI=1S/2C21H27N7O3S.2C21H29N7O2S/c2*1-12-9-16(24-14(3)23-12)11-28-18(30)21(26-20(28)31)5-7-27(8-6-21)13(2)17-10-22-19(32-17)25-15(4)29;2*1-13-9-17(24-15(3)23-13)11-28-12-21(26-20(28)30)5-7-27(8-6-21)14(2)18-10-22-19(31-18)25-16(4)29/h2*9-10,13H,5-8,11H2,1-4H3,(H,26,31)(H,22,25,29);2*9-10,14H,5-8,11-12H2,1-4H3,(H,26,30)(H,22,25,29)/t2*13-;2*14-/m1010/s1. The Kier molecular flexibility index (Phi) is 28.7.